The summed E-state index contributed by atoms with van der Waals surface area (Å²) in [6.45, 7) is 1.80. The van der Waals surface area contributed by atoms with E-state index in [-0.39, 0.29) is 5.91 Å². The van der Waals surface area contributed by atoms with Gasteiger partial charge in [0.25, 0.3) is 5.91 Å². The molecule has 2 aromatic rings. The number of carbonyl (C=O) groups is 1. The predicted molar refractivity (Wildman–Crippen MR) is 90.9 cm³/mol. The summed E-state index contributed by atoms with van der Waals surface area (Å²) in [7, 11) is 6.16. The zero-order chi connectivity index (χ0) is 16.1. The maximum atomic E-state index is 13.1. The molecule has 122 valence electrons. The fraction of sp³-hybridized carbons (Fsp3) is 0.529. The normalized spacial score (nSPS) is 24.4. The van der Waals surface area contributed by atoms with Crippen LogP contribution >= 0.6 is 0 Å². The minimum atomic E-state index is 0.0648. The summed E-state index contributed by atoms with van der Waals surface area (Å²) in [5.41, 5.74) is 2.55. The molecule has 0 aliphatic carbocycles. The maximum Gasteiger partial charge on any atom is 0.275 e. The van der Waals surface area contributed by atoms with Crippen LogP contribution in [0.3, 0.4) is 0 Å². The molecule has 1 amide bonds. The number of hydrogen-bond acceptors (Lipinski definition) is 4. The Morgan fingerprint density at radius 2 is 2.04 bits per heavy atom. The van der Waals surface area contributed by atoms with Gasteiger partial charge in [-0.3, -0.25) is 14.8 Å². The van der Waals surface area contributed by atoms with E-state index in [1.54, 1.807) is 0 Å². The molecule has 4 heterocycles. The number of aromatic nitrogens is 2. The molecule has 2 unspecified atom stereocenters. The highest BCUT2D eigenvalue weighted by Crippen LogP contribution is 2.30. The van der Waals surface area contributed by atoms with E-state index in [0.717, 1.165) is 36.1 Å². The predicted octanol–water partition coefficient (Wildman–Crippen LogP) is 1.55. The molecule has 2 bridgehead atoms. The number of fused-ring (bicyclic) bond motifs is 4. The first-order valence-corrected chi connectivity index (χ1v) is 8.21. The van der Waals surface area contributed by atoms with Crippen molar-refractivity contribution in [1.82, 2.24) is 20.0 Å². The van der Waals surface area contributed by atoms with E-state index in [1.807, 2.05) is 42.1 Å². The number of likely N-dealkylation sites (N-methyl/N-ethyl adjacent to an activating group) is 1. The average molecular weight is 313 g/mol. The molecule has 6 heteroatoms. The summed E-state index contributed by atoms with van der Waals surface area (Å²) >= 11 is 0. The van der Waals surface area contributed by atoms with Gasteiger partial charge in [-0.2, -0.15) is 5.10 Å². The Morgan fingerprint density at radius 3 is 2.70 bits per heavy atom. The molecular formula is C17H23N5O. The van der Waals surface area contributed by atoms with Gasteiger partial charge < -0.3 is 9.80 Å². The van der Waals surface area contributed by atoms with Gasteiger partial charge in [-0.25, -0.2) is 0 Å². The van der Waals surface area contributed by atoms with Gasteiger partial charge >= 0.3 is 0 Å². The van der Waals surface area contributed by atoms with Crippen LogP contribution in [0.2, 0.25) is 0 Å². The van der Waals surface area contributed by atoms with E-state index < -0.39 is 0 Å². The molecule has 23 heavy (non-hydrogen) atoms. The Balaban J connectivity index is 1.69. The summed E-state index contributed by atoms with van der Waals surface area (Å²) in [4.78, 5) is 19.5. The van der Waals surface area contributed by atoms with Gasteiger partial charge in [-0.15, -0.1) is 0 Å². The third-order valence-electron chi connectivity index (χ3n) is 5.33. The van der Waals surface area contributed by atoms with Gasteiger partial charge in [0.15, 0.2) is 5.69 Å². The van der Waals surface area contributed by atoms with Crippen LogP contribution in [-0.2, 0) is 0 Å². The van der Waals surface area contributed by atoms with Crippen LogP contribution in [0.4, 0.5) is 5.69 Å². The van der Waals surface area contributed by atoms with E-state index in [4.69, 9.17) is 0 Å². The first kappa shape index (κ1) is 14.5. The average Bonchev–Trinajstić information content (AvgIpc) is 2.97. The molecule has 1 N–H and O–H groups in total. The van der Waals surface area contributed by atoms with Crippen molar-refractivity contribution in [3.63, 3.8) is 0 Å². The van der Waals surface area contributed by atoms with Crippen molar-refractivity contribution in [3.8, 4) is 0 Å². The lowest BCUT2D eigenvalue weighted by molar-refractivity contribution is -0.000327. The quantitative estimate of drug-likeness (QED) is 0.914. The number of aromatic amines is 1. The van der Waals surface area contributed by atoms with Crippen molar-refractivity contribution in [2.75, 3.05) is 39.1 Å². The molecule has 3 aliphatic heterocycles. The summed E-state index contributed by atoms with van der Waals surface area (Å²) in [6, 6.07) is 6.88. The smallest absolute Gasteiger partial charge is 0.275 e. The zero-order valence-electron chi connectivity index (χ0n) is 13.9. The van der Waals surface area contributed by atoms with Crippen LogP contribution in [-0.4, -0.2) is 72.2 Å². The van der Waals surface area contributed by atoms with E-state index >= 15 is 0 Å². The van der Waals surface area contributed by atoms with Crippen LogP contribution in [0.1, 0.15) is 23.3 Å². The highest BCUT2D eigenvalue weighted by Gasteiger charge is 2.40. The van der Waals surface area contributed by atoms with E-state index in [9.17, 15) is 4.79 Å². The Morgan fingerprint density at radius 1 is 1.26 bits per heavy atom. The van der Waals surface area contributed by atoms with Crippen molar-refractivity contribution in [1.29, 1.82) is 0 Å². The third kappa shape index (κ3) is 2.28. The van der Waals surface area contributed by atoms with Gasteiger partial charge in [0.2, 0.25) is 0 Å². The largest absolute Gasteiger partial charge is 0.378 e. The summed E-state index contributed by atoms with van der Waals surface area (Å²) in [5, 5.41) is 8.24. The molecule has 1 aromatic carbocycles. The highest BCUT2D eigenvalue weighted by atomic mass is 16.2. The van der Waals surface area contributed by atoms with Crippen molar-refractivity contribution < 1.29 is 4.79 Å². The molecule has 3 saturated heterocycles. The topological polar surface area (TPSA) is 55.5 Å². The van der Waals surface area contributed by atoms with Crippen LogP contribution in [0.15, 0.2) is 18.2 Å². The minimum Gasteiger partial charge on any atom is -0.378 e. The van der Waals surface area contributed by atoms with Crippen molar-refractivity contribution in [3.05, 3.63) is 23.9 Å². The number of nitrogens with one attached hydrogen (secondary N) is 1. The first-order valence-electron chi connectivity index (χ1n) is 8.21. The second kappa shape index (κ2) is 5.23. The van der Waals surface area contributed by atoms with E-state index in [0.29, 0.717) is 17.8 Å². The molecule has 3 fully saturated rings. The second-order valence-corrected chi connectivity index (χ2v) is 6.98. The molecule has 2 atom stereocenters. The minimum absolute atomic E-state index is 0.0648. The Labute approximate surface area is 136 Å². The summed E-state index contributed by atoms with van der Waals surface area (Å²) < 4.78 is 0. The number of benzene rings is 1. The van der Waals surface area contributed by atoms with Gasteiger partial charge in [0.05, 0.1) is 5.52 Å². The maximum absolute atomic E-state index is 13.1. The van der Waals surface area contributed by atoms with Gasteiger partial charge in [0.1, 0.15) is 0 Å². The fourth-order valence-corrected chi connectivity index (χ4v) is 3.87. The Kier molecular flexibility index (Phi) is 3.30. The third-order valence-corrected chi connectivity index (χ3v) is 5.33. The van der Waals surface area contributed by atoms with Gasteiger partial charge in [-0.05, 0) is 38.1 Å². The molecule has 0 saturated carbocycles. The number of H-pyrrole nitrogens is 1. The van der Waals surface area contributed by atoms with Crippen molar-refractivity contribution in [2.45, 2.75) is 24.9 Å². The van der Waals surface area contributed by atoms with E-state index in [2.05, 4.69) is 22.1 Å². The second-order valence-electron chi connectivity index (χ2n) is 6.98. The monoisotopic (exact) mass is 313 g/mol. The number of amides is 1. The van der Waals surface area contributed by atoms with Crippen LogP contribution in [0.25, 0.3) is 10.9 Å². The molecule has 5 rings (SSSR count). The molecular weight excluding hydrogens is 290 g/mol. The molecule has 1 aromatic heterocycles. The number of piperidine rings is 2. The number of carbonyl (C=O) groups excluding carboxylic acids is 1. The molecule has 0 radical (unpaired) electrons. The first-order chi connectivity index (χ1) is 11.0. The lowest BCUT2D eigenvalue weighted by atomic mass is 9.91. The van der Waals surface area contributed by atoms with Crippen LogP contribution in [0.5, 0.6) is 0 Å². The van der Waals surface area contributed by atoms with E-state index in [1.165, 1.54) is 6.42 Å². The number of anilines is 1. The van der Waals surface area contributed by atoms with Crippen LogP contribution < -0.4 is 4.90 Å². The molecule has 0 spiro atoms. The standard InChI is InChI=1S/C17H23N5O/c1-20(2)11-6-7-15-14(8-11)16(19-18-15)17(23)22-10-12-4-5-13(22)9-21(12)3/h6-8,12-13H,4-5,9-10H2,1-3H3,(H,18,19). The molecule has 6 nitrogen and oxygen atoms in total. The zero-order valence-corrected chi connectivity index (χ0v) is 13.9. The van der Waals surface area contributed by atoms with Crippen molar-refractivity contribution in [2.24, 2.45) is 0 Å². The fourth-order valence-electron chi connectivity index (χ4n) is 3.87. The Hall–Kier alpha value is -2.08. The lowest BCUT2D eigenvalue weighted by Gasteiger charge is -2.50. The number of piperazine rings is 1. The van der Waals surface area contributed by atoms with Gasteiger partial charge in [-0.1, -0.05) is 0 Å². The Bertz CT molecular complexity index is 753. The summed E-state index contributed by atoms with van der Waals surface area (Å²) in [6.07, 6.45) is 2.29. The number of rotatable bonds is 2. The molecule has 3 aliphatic rings. The SMILES string of the molecule is CN(C)c1ccc2[nH]nc(C(=O)N3CC4CCC3CN4C)c2c1. The van der Waals surface area contributed by atoms with Gasteiger partial charge in [0, 0.05) is 50.3 Å². The van der Waals surface area contributed by atoms with Crippen LogP contribution in [0, 0.1) is 0 Å². The summed E-state index contributed by atoms with van der Waals surface area (Å²) in [5.74, 6) is 0.0648. The number of nitrogens with zero attached hydrogens (tertiary/aromatic N) is 4. The lowest BCUT2D eigenvalue weighted by Crippen LogP contribution is -2.62. The number of hydrogen-bond donors (Lipinski definition) is 1. The highest BCUT2D eigenvalue weighted by molar-refractivity contribution is 6.05. The van der Waals surface area contributed by atoms with Crippen molar-refractivity contribution >= 4 is 22.5 Å².